The van der Waals surface area contributed by atoms with Gasteiger partial charge in [0.05, 0.1) is 27.9 Å². The third-order valence-electron chi connectivity index (χ3n) is 7.40. The Morgan fingerprint density at radius 2 is 1.63 bits per heavy atom. The molecule has 2 aliphatic rings. The van der Waals surface area contributed by atoms with Crippen LogP contribution in [0.1, 0.15) is 35.1 Å². The molecule has 0 aromatic heterocycles. The van der Waals surface area contributed by atoms with Crippen LogP contribution in [0.4, 0.5) is 0 Å². The van der Waals surface area contributed by atoms with Crippen molar-refractivity contribution in [3.05, 3.63) is 77.4 Å². The number of rotatable bonds is 9. The highest BCUT2D eigenvalue weighted by molar-refractivity contribution is 5.78. The van der Waals surface area contributed by atoms with E-state index in [1.165, 1.54) is 11.1 Å². The quantitative estimate of drug-likeness (QED) is 0.409. The van der Waals surface area contributed by atoms with Gasteiger partial charge in [-0.1, -0.05) is 24.3 Å². The summed E-state index contributed by atoms with van der Waals surface area (Å²) in [6.45, 7) is 1.82. The molecule has 0 bridgehead atoms. The first-order chi connectivity index (χ1) is 18.5. The third-order valence-corrected chi connectivity index (χ3v) is 7.40. The molecule has 0 unspecified atom stereocenters. The second kappa shape index (κ2) is 11.2. The Bertz CT molecular complexity index is 1280. The molecule has 2 heterocycles. The van der Waals surface area contributed by atoms with E-state index in [4.69, 9.17) is 23.7 Å². The van der Waals surface area contributed by atoms with E-state index in [0.717, 1.165) is 35.8 Å². The summed E-state index contributed by atoms with van der Waals surface area (Å²) in [6, 6.07) is 20.1. The minimum atomic E-state index is 0.0598. The molecule has 8 nitrogen and oxygen atoms in total. The number of ether oxygens (including phenoxy) is 5. The number of benzene rings is 3. The van der Waals surface area contributed by atoms with Crippen LogP contribution in [0.2, 0.25) is 0 Å². The highest BCUT2D eigenvalue weighted by atomic mass is 16.7. The molecule has 200 valence electrons. The summed E-state index contributed by atoms with van der Waals surface area (Å²) < 4.78 is 27.2. The number of likely N-dealkylation sites (tertiary alicyclic amines) is 1. The van der Waals surface area contributed by atoms with Gasteiger partial charge in [-0.15, -0.1) is 0 Å². The molecule has 1 fully saturated rings. The lowest BCUT2D eigenvalue weighted by molar-refractivity contribution is -0.131. The van der Waals surface area contributed by atoms with Gasteiger partial charge in [-0.05, 0) is 65.4 Å². The van der Waals surface area contributed by atoms with E-state index in [1.54, 1.807) is 26.2 Å². The van der Waals surface area contributed by atoms with Crippen LogP contribution in [0.3, 0.4) is 0 Å². The van der Waals surface area contributed by atoms with Crippen LogP contribution in [-0.4, -0.2) is 64.0 Å². The first-order valence-electron chi connectivity index (χ1n) is 12.7. The summed E-state index contributed by atoms with van der Waals surface area (Å²) >= 11 is 0. The van der Waals surface area contributed by atoms with Gasteiger partial charge in [0.2, 0.25) is 12.7 Å². The van der Waals surface area contributed by atoms with Crippen LogP contribution in [0.5, 0.6) is 28.7 Å². The van der Waals surface area contributed by atoms with Crippen LogP contribution in [-0.2, 0) is 11.3 Å². The molecule has 3 aromatic rings. The van der Waals surface area contributed by atoms with Crippen molar-refractivity contribution in [3.8, 4) is 28.7 Å². The molecule has 1 amide bonds. The summed E-state index contributed by atoms with van der Waals surface area (Å²) in [6.07, 6.45) is 0.901. The van der Waals surface area contributed by atoms with Crippen molar-refractivity contribution in [3.63, 3.8) is 0 Å². The lowest BCUT2D eigenvalue weighted by atomic mass is 9.93. The van der Waals surface area contributed by atoms with Gasteiger partial charge in [0.1, 0.15) is 5.75 Å². The number of hydrogen-bond acceptors (Lipinski definition) is 7. The average Bonchev–Trinajstić information content (AvgIpc) is 3.59. The number of carbonyl (C=O) groups excluding carboxylic acids is 1. The summed E-state index contributed by atoms with van der Waals surface area (Å²) in [4.78, 5) is 17.5. The zero-order valence-electron chi connectivity index (χ0n) is 22.3. The number of methoxy groups -OCH3 is 3. The fourth-order valence-corrected chi connectivity index (χ4v) is 5.30. The molecule has 2 atom stereocenters. The van der Waals surface area contributed by atoms with Crippen molar-refractivity contribution < 1.29 is 28.5 Å². The van der Waals surface area contributed by atoms with Gasteiger partial charge in [-0.3, -0.25) is 9.69 Å². The van der Waals surface area contributed by atoms with Gasteiger partial charge in [0, 0.05) is 26.2 Å². The Balaban J connectivity index is 1.33. The van der Waals surface area contributed by atoms with Crippen LogP contribution >= 0.6 is 0 Å². The Labute approximate surface area is 223 Å². The van der Waals surface area contributed by atoms with Crippen LogP contribution in [0.15, 0.2) is 60.7 Å². The largest absolute Gasteiger partial charge is 0.497 e. The van der Waals surface area contributed by atoms with Crippen molar-refractivity contribution in [2.24, 2.45) is 0 Å². The SMILES string of the molecule is COc1ccc([C@@H]2C[C@@H](c3ccc4c(c3)OCO4)CN2CC(=O)N(C)Cc2ccc(OC)c(OC)c2)cc1. The topological polar surface area (TPSA) is 69.7 Å². The van der Waals surface area contributed by atoms with Crippen molar-refractivity contribution in [1.82, 2.24) is 9.80 Å². The van der Waals surface area contributed by atoms with Gasteiger partial charge >= 0.3 is 0 Å². The Hall–Kier alpha value is -3.91. The van der Waals surface area contributed by atoms with E-state index in [0.29, 0.717) is 24.6 Å². The van der Waals surface area contributed by atoms with E-state index in [2.05, 4.69) is 29.2 Å². The van der Waals surface area contributed by atoms with Gasteiger partial charge in [-0.2, -0.15) is 0 Å². The van der Waals surface area contributed by atoms with E-state index in [-0.39, 0.29) is 24.7 Å². The number of amides is 1. The molecule has 0 spiro atoms. The monoisotopic (exact) mass is 518 g/mol. The summed E-state index contributed by atoms with van der Waals surface area (Å²) in [5, 5.41) is 0. The van der Waals surface area contributed by atoms with Crippen LogP contribution in [0.25, 0.3) is 0 Å². The molecule has 3 aromatic carbocycles. The smallest absolute Gasteiger partial charge is 0.236 e. The molecule has 38 heavy (non-hydrogen) atoms. The molecule has 1 saturated heterocycles. The van der Waals surface area contributed by atoms with Crippen LogP contribution < -0.4 is 23.7 Å². The van der Waals surface area contributed by atoms with Crippen LogP contribution in [0, 0.1) is 0 Å². The maximum absolute atomic E-state index is 13.4. The zero-order chi connectivity index (χ0) is 26.6. The normalized spacial score (nSPS) is 18.3. The number of likely N-dealkylation sites (N-methyl/N-ethyl adjacent to an activating group) is 1. The summed E-state index contributed by atoms with van der Waals surface area (Å²) in [5.74, 6) is 4.02. The molecule has 8 heteroatoms. The summed E-state index contributed by atoms with van der Waals surface area (Å²) in [7, 11) is 6.73. The molecular formula is C30H34N2O6. The Morgan fingerprint density at radius 3 is 2.37 bits per heavy atom. The maximum atomic E-state index is 13.4. The number of nitrogens with zero attached hydrogens (tertiary/aromatic N) is 2. The lowest BCUT2D eigenvalue weighted by Crippen LogP contribution is -2.38. The Morgan fingerprint density at radius 1 is 0.895 bits per heavy atom. The van der Waals surface area contributed by atoms with Crippen molar-refractivity contribution in [2.75, 3.05) is 48.3 Å². The molecule has 0 aliphatic carbocycles. The molecule has 5 rings (SSSR count). The zero-order valence-corrected chi connectivity index (χ0v) is 22.3. The molecule has 0 radical (unpaired) electrons. The van der Waals surface area contributed by atoms with Crippen molar-refractivity contribution in [2.45, 2.75) is 24.9 Å². The van der Waals surface area contributed by atoms with Gasteiger partial charge < -0.3 is 28.6 Å². The number of hydrogen-bond donors (Lipinski definition) is 0. The predicted molar refractivity (Wildman–Crippen MR) is 143 cm³/mol. The van der Waals surface area contributed by atoms with E-state index >= 15 is 0 Å². The van der Waals surface area contributed by atoms with Gasteiger partial charge in [-0.25, -0.2) is 0 Å². The Kier molecular flexibility index (Phi) is 7.60. The number of carbonyl (C=O) groups is 1. The predicted octanol–water partition coefficient (Wildman–Crippen LogP) is 4.63. The average molecular weight is 519 g/mol. The fraction of sp³-hybridized carbons (Fsp3) is 0.367. The first kappa shape index (κ1) is 25.7. The maximum Gasteiger partial charge on any atom is 0.236 e. The molecule has 0 N–H and O–H groups in total. The van der Waals surface area contributed by atoms with Gasteiger partial charge in [0.15, 0.2) is 23.0 Å². The van der Waals surface area contributed by atoms with E-state index < -0.39 is 0 Å². The fourth-order valence-electron chi connectivity index (χ4n) is 5.30. The second-order valence-corrected chi connectivity index (χ2v) is 9.70. The molecular weight excluding hydrogens is 484 g/mol. The third kappa shape index (κ3) is 5.36. The standard InChI is InChI=1S/C30H34N2O6/c1-31(16-20-5-11-26(35-3)28(13-20)36-4)30(33)18-32-17-23(22-8-12-27-29(15-22)38-19-37-27)14-25(32)21-6-9-24(34-2)10-7-21/h5-13,15,23,25H,14,16-19H2,1-4H3/t23-,25+/m1/s1. The van der Waals surface area contributed by atoms with Gasteiger partial charge in [0.25, 0.3) is 0 Å². The highest BCUT2D eigenvalue weighted by Gasteiger charge is 2.36. The molecule has 2 aliphatic heterocycles. The van der Waals surface area contributed by atoms with Crippen molar-refractivity contribution in [1.29, 1.82) is 0 Å². The van der Waals surface area contributed by atoms with Crippen molar-refractivity contribution >= 4 is 5.91 Å². The summed E-state index contributed by atoms with van der Waals surface area (Å²) in [5.41, 5.74) is 3.34. The number of fused-ring (bicyclic) bond motifs is 1. The minimum Gasteiger partial charge on any atom is -0.497 e. The second-order valence-electron chi connectivity index (χ2n) is 9.70. The van der Waals surface area contributed by atoms with E-state index in [1.807, 2.05) is 43.4 Å². The minimum absolute atomic E-state index is 0.0598. The first-order valence-corrected chi connectivity index (χ1v) is 12.7. The lowest BCUT2D eigenvalue weighted by Gasteiger charge is -2.27. The molecule has 0 saturated carbocycles. The van der Waals surface area contributed by atoms with E-state index in [9.17, 15) is 4.79 Å². The highest BCUT2D eigenvalue weighted by Crippen LogP contribution is 2.43.